The van der Waals surface area contributed by atoms with Crippen molar-refractivity contribution in [2.45, 2.75) is 52.0 Å². The molecule has 0 aliphatic rings. The number of hydrogen-bond donors (Lipinski definition) is 2. The van der Waals surface area contributed by atoms with E-state index in [1.54, 1.807) is 43.5 Å². The Hall–Kier alpha value is -3.58. The van der Waals surface area contributed by atoms with Crippen LogP contribution in [0.2, 0.25) is 5.02 Å². The molecule has 2 aromatic carbocycles. The Bertz CT molecular complexity index is 1490. The average Bonchev–Trinajstić information content (AvgIpc) is 3.20. The van der Waals surface area contributed by atoms with Gasteiger partial charge in [0.2, 0.25) is 5.91 Å². The van der Waals surface area contributed by atoms with E-state index < -0.39 is 23.5 Å². The standard InChI is InChI=1S/C27H26ClNO6/c1-14-17-10-19-20(27(2,3)4)13-34-22(19)12-23(17)35-26(33)18(14)11-24(30)29-21(25(31)32)9-15-5-7-16(28)8-6-15/h5-8,10,12-13,21H,9,11H2,1-4H3,(H,29,30)(H,31,32). The molecule has 4 rings (SSSR count). The number of benzene rings is 2. The lowest BCUT2D eigenvalue weighted by atomic mass is 9.86. The number of fused-ring (bicyclic) bond motifs is 2. The lowest BCUT2D eigenvalue weighted by molar-refractivity contribution is -0.141. The molecule has 35 heavy (non-hydrogen) atoms. The summed E-state index contributed by atoms with van der Waals surface area (Å²) in [5.74, 6) is -1.76. The van der Waals surface area contributed by atoms with Gasteiger partial charge in [-0.2, -0.15) is 0 Å². The lowest BCUT2D eigenvalue weighted by Gasteiger charge is -2.17. The van der Waals surface area contributed by atoms with E-state index in [9.17, 15) is 19.5 Å². The molecule has 2 N–H and O–H groups in total. The molecule has 0 aliphatic heterocycles. The maximum Gasteiger partial charge on any atom is 0.340 e. The number of carboxylic acids is 1. The van der Waals surface area contributed by atoms with E-state index in [0.29, 0.717) is 32.7 Å². The summed E-state index contributed by atoms with van der Waals surface area (Å²) >= 11 is 5.88. The van der Waals surface area contributed by atoms with Crippen molar-refractivity contribution in [2.75, 3.05) is 0 Å². The van der Waals surface area contributed by atoms with Crippen molar-refractivity contribution in [3.05, 3.63) is 80.4 Å². The third-order valence-electron chi connectivity index (χ3n) is 6.11. The molecule has 1 unspecified atom stereocenters. The van der Waals surface area contributed by atoms with E-state index in [1.807, 2.05) is 6.07 Å². The number of furan rings is 1. The van der Waals surface area contributed by atoms with E-state index in [0.717, 1.165) is 10.9 Å². The predicted molar refractivity (Wildman–Crippen MR) is 134 cm³/mol. The van der Waals surface area contributed by atoms with Crippen LogP contribution < -0.4 is 10.9 Å². The molecule has 1 atom stereocenters. The molecule has 0 saturated carbocycles. The zero-order chi connectivity index (χ0) is 25.5. The number of carbonyl (C=O) groups excluding carboxylic acids is 1. The summed E-state index contributed by atoms with van der Waals surface area (Å²) in [6, 6.07) is 9.16. The van der Waals surface area contributed by atoms with Gasteiger partial charge in [0.15, 0.2) is 0 Å². The molecule has 0 fully saturated rings. The van der Waals surface area contributed by atoms with Gasteiger partial charge < -0.3 is 19.3 Å². The van der Waals surface area contributed by atoms with E-state index >= 15 is 0 Å². The highest BCUT2D eigenvalue weighted by atomic mass is 35.5. The number of nitrogens with one attached hydrogen (secondary N) is 1. The first kappa shape index (κ1) is 24.5. The minimum absolute atomic E-state index is 0.0810. The first-order valence-corrected chi connectivity index (χ1v) is 11.6. The topological polar surface area (TPSA) is 110 Å². The highest BCUT2D eigenvalue weighted by Crippen LogP contribution is 2.35. The van der Waals surface area contributed by atoms with Gasteiger partial charge >= 0.3 is 11.6 Å². The van der Waals surface area contributed by atoms with Crippen LogP contribution in [-0.4, -0.2) is 23.0 Å². The monoisotopic (exact) mass is 495 g/mol. The van der Waals surface area contributed by atoms with E-state index in [1.165, 1.54) is 0 Å². The maximum absolute atomic E-state index is 12.8. The number of carboxylic acid groups (broad SMARTS) is 1. The zero-order valence-corrected chi connectivity index (χ0v) is 20.7. The summed E-state index contributed by atoms with van der Waals surface area (Å²) in [5.41, 5.74) is 2.71. The van der Waals surface area contributed by atoms with Gasteiger partial charge in [0.25, 0.3) is 0 Å². The van der Waals surface area contributed by atoms with Crippen molar-refractivity contribution < 1.29 is 23.5 Å². The summed E-state index contributed by atoms with van der Waals surface area (Å²) in [6.07, 6.45) is 1.49. The molecule has 0 spiro atoms. The molecular formula is C27H26ClNO6. The fourth-order valence-electron chi connectivity index (χ4n) is 4.16. The van der Waals surface area contributed by atoms with Gasteiger partial charge in [-0.1, -0.05) is 44.5 Å². The van der Waals surface area contributed by atoms with Gasteiger partial charge in [-0.25, -0.2) is 9.59 Å². The molecule has 1 amide bonds. The Balaban J connectivity index is 1.63. The summed E-state index contributed by atoms with van der Waals surface area (Å²) in [7, 11) is 0. The zero-order valence-electron chi connectivity index (χ0n) is 19.9. The number of aryl methyl sites for hydroxylation is 1. The van der Waals surface area contributed by atoms with Crippen LogP contribution >= 0.6 is 11.6 Å². The minimum Gasteiger partial charge on any atom is -0.480 e. The van der Waals surface area contributed by atoms with Crippen molar-refractivity contribution in [1.82, 2.24) is 5.32 Å². The first-order valence-electron chi connectivity index (χ1n) is 11.2. The Morgan fingerprint density at radius 1 is 1.09 bits per heavy atom. The van der Waals surface area contributed by atoms with E-state index in [4.69, 9.17) is 20.4 Å². The summed E-state index contributed by atoms with van der Waals surface area (Å²) < 4.78 is 11.2. The Kier molecular flexibility index (Phi) is 6.47. The summed E-state index contributed by atoms with van der Waals surface area (Å²) in [4.78, 5) is 37.3. The van der Waals surface area contributed by atoms with Crippen molar-refractivity contribution in [3.8, 4) is 0 Å². The maximum atomic E-state index is 12.8. The predicted octanol–water partition coefficient (Wildman–Crippen LogP) is 5.15. The van der Waals surface area contributed by atoms with Crippen LogP contribution in [0.3, 0.4) is 0 Å². The smallest absolute Gasteiger partial charge is 0.340 e. The molecule has 0 radical (unpaired) electrons. The lowest BCUT2D eigenvalue weighted by Crippen LogP contribution is -2.43. The van der Waals surface area contributed by atoms with Crippen LogP contribution in [0.15, 0.2) is 56.3 Å². The van der Waals surface area contributed by atoms with Gasteiger partial charge in [-0.3, -0.25) is 4.79 Å². The number of rotatable bonds is 6. The highest BCUT2D eigenvalue weighted by Gasteiger charge is 2.24. The van der Waals surface area contributed by atoms with Crippen LogP contribution in [0.25, 0.3) is 21.9 Å². The van der Waals surface area contributed by atoms with Gasteiger partial charge in [0.1, 0.15) is 17.2 Å². The minimum atomic E-state index is -1.17. The third kappa shape index (κ3) is 5.10. The third-order valence-corrected chi connectivity index (χ3v) is 6.37. The molecule has 0 bridgehead atoms. The van der Waals surface area contributed by atoms with Crippen molar-refractivity contribution in [2.24, 2.45) is 0 Å². The molecule has 4 aromatic rings. The van der Waals surface area contributed by atoms with Crippen molar-refractivity contribution >= 4 is 45.4 Å². The summed E-state index contributed by atoms with van der Waals surface area (Å²) in [6.45, 7) is 8.00. The molecule has 2 aromatic heterocycles. The second-order valence-electron chi connectivity index (χ2n) is 9.70. The van der Waals surface area contributed by atoms with Gasteiger partial charge in [0.05, 0.1) is 18.2 Å². The number of carbonyl (C=O) groups is 2. The van der Waals surface area contributed by atoms with Crippen molar-refractivity contribution in [3.63, 3.8) is 0 Å². The molecule has 182 valence electrons. The molecule has 0 saturated heterocycles. The number of amides is 1. The molecular weight excluding hydrogens is 470 g/mol. The SMILES string of the molecule is Cc1c(CC(=O)NC(Cc2ccc(Cl)cc2)C(=O)O)c(=O)oc2cc3occ(C(C)(C)C)c3cc12. The molecule has 8 heteroatoms. The van der Waals surface area contributed by atoms with Crippen LogP contribution in [0.5, 0.6) is 0 Å². The molecule has 0 aliphatic carbocycles. The van der Waals surface area contributed by atoms with Gasteiger partial charge in [0, 0.05) is 33.8 Å². The number of hydrogen-bond acceptors (Lipinski definition) is 5. The Morgan fingerprint density at radius 2 is 1.77 bits per heavy atom. The van der Waals surface area contributed by atoms with E-state index in [-0.39, 0.29) is 23.8 Å². The number of halogens is 1. The fraction of sp³-hybridized carbons (Fsp3) is 0.296. The highest BCUT2D eigenvalue weighted by molar-refractivity contribution is 6.30. The fourth-order valence-corrected chi connectivity index (χ4v) is 4.28. The van der Waals surface area contributed by atoms with Crippen LogP contribution in [0.4, 0.5) is 0 Å². The quantitative estimate of drug-likeness (QED) is 0.358. The first-order chi connectivity index (χ1) is 16.4. The second kappa shape index (κ2) is 9.23. The van der Waals surface area contributed by atoms with Crippen LogP contribution in [-0.2, 0) is 27.8 Å². The van der Waals surface area contributed by atoms with Crippen molar-refractivity contribution in [1.29, 1.82) is 0 Å². The average molecular weight is 496 g/mol. The Labute approximate surface area is 206 Å². The van der Waals surface area contributed by atoms with Crippen LogP contribution in [0.1, 0.15) is 43.0 Å². The molecule has 7 nitrogen and oxygen atoms in total. The Morgan fingerprint density at radius 3 is 2.40 bits per heavy atom. The van der Waals surface area contributed by atoms with E-state index in [2.05, 4.69) is 26.1 Å². The normalized spacial score (nSPS) is 12.7. The second-order valence-corrected chi connectivity index (χ2v) is 10.1. The number of aliphatic carboxylic acids is 1. The van der Waals surface area contributed by atoms with Gasteiger partial charge in [-0.15, -0.1) is 0 Å². The largest absolute Gasteiger partial charge is 0.480 e. The van der Waals surface area contributed by atoms with Crippen LogP contribution in [0, 0.1) is 6.92 Å². The van der Waals surface area contributed by atoms with Gasteiger partial charge in [-0.05, 0) is 41.7 Å². The summed E-state index contributed by atoms with van der Waals surface area (Å²) in [5, 5.41) is 14.3. The molecule has 2 heterocycles.